The number of aliphatic hydroxyl groups excluding tert-OH is 2. The van der Waals surface area contributed by atoms with Gasteiger partial charge in [0.2, 0.25) is 0 Å². The summed E-state index contributed by atoms with van der Waals surface area (Å²) in [5.74, 6) is 0. The van der Waals surface area contributed by atoms with Gasteiger partial charge in [-0.2, -0.15) is 0 Å². The summed E-state index contributed by atoms with van der Waals surface area (Å²) >= 11 is 0. The molecule has 4 heteroatoms. The van der Waals surface area contributed by atoms with Gasteiger partial charge in [-0.15, -0.1) is 0 Å². The number of hydrogen-bond acceptors (Lipinski definition) is 3. The molecule has 4 nitrogen and oxygen atoms in total. The van der Waals surface area contributed by atoms with Gasteiger partial charge in [0.25, 0.3) is 0 Å². The Hall–Kier alpha value is -0.840. The number of nitrogens with zero attached hydrogens (tertiary/aromatic N) is 1. The Balaban J connectivity index is 2.29. The molecule has 1 atom stereocenters. The van der Waals surface area contributed by atoms with Crippen molar-refractivity contribution < 1.29 is 14.9 Å². The van der Waals surface area contributed by atoms with E-state index in [0.29, 0.717) is 13.2 Å². The van der Waals surface area contributed by atoms with E-state index in [4.69, 9.17) is 9.84 Å². The summed E-state index contributed by atoms with van der Waals surface area (Å²) in [6.07, 6.45) is 3.38. The van der Waals surface area contributed by atoms with Gasteiger partial charge >= 0.3 is 0 Å². The molecule has 1 aromatic rings. The highest BCUT2D eigenvalue weighted by atomic mass is 16.5. The molecular weight excluding hydrogens is 182 g/mol. The van der Waals surface area contributed by atoms with Crippen molar-refractivity contribution in [1.29, 1.82) is 0 Å². The van der Waals surface area contributed by atoms with Crippen LogP contribution in [0.15, 0.2) is 18.5 Å². The Labute approximate surface area is 83.7 Å². The minimum absolute atomic E-state index is 0.0601. The van der Waals surface area contributed by atoms with E-state index < -0.39 is 6.10 Å². The minimum atomic E-state index is -0.422. The molecule has 2 N–H and O–H groups in total. The van der Waals surface area contributed by atoms with Crippen LogP contribution in [0.3, 0.4) is 0 Å². The highest BCUT2D eigenvalue weighted by Gasteiger charge is 2.01. The summed E-state index contributed by atoms with van der Waals surface area (Å²) in [4.78, 5) is 0. The van der Waals surface area contributed by atoms with Crippen LogP contribution in [-0.4, -0.2) is 34.6 Å². The van der Waals surface area contributed by atoms with Gasteiger partial charge in [0.1, 0.15) is 0 Å². The van der Waals surface area contributed by atoms with Gasteiger partial charge in [-0.1, -0.05) is 0 Å². The Kier molecular flexibility index (Phi) is 4.65. The molecule has 0 amide bonds. The smallest absolute Gasteiger partial charge is 0.0776 e. The van der Waals surface area contributed by atoms with E-state index in [1.165, 1.54) is 0 Å². The SMILES string of the molecule is CC(O)c1ccn(CCOCCO)c1. The molecule has 0 aromatic carbocycles. The van der Waals surface area contributed by atoms with Crippen molar-refractivity contribution in [3.63, 3.8) is 0 Å². The summed E-state index contributed by atoms with van der Waals surface area (Å²) in [5.41, 5.74) is 0.909. The van der Waals surface area contributed by atoms with E-state index in [9.17, 15) is 5.11 Å². The molecular formula is C10H17NO3. The number of ether oxygens (including phenoxy) is 1. The molecule has 0 aliphatic heterocycles. The monoisotopic (exact) mass is 199 g/mol. The zero-order valence-corrected chi connectivity index (χ0v) is 8.39. The summed E-state index contributed by atoms with van der Waals surface area (Å²) in [7, 11) is 0. The zero-order chi connectivity index (χ0) is 10.4. The van der Waals surface area contributed by atoms with Crippen molar-refractivity contribution in [2.45, 2.75) is 19.6 Å². The van der Waals surface area contributed by atoms with Gasteiger partial charge in [0.05, 0.1) is 25.9 Å². The third-order valence-electron chi connectivity index (χ3n) is 1.99. The van der Waals surface area contributed by atoms with Gasteiger partial charge in [-0.05, 0) is 18.6 Å². The van der Waals surface area contributed by atoms with Crippen molar-refractivity contribution in [3.8, 4) is 0 Å². The van der Waals surface area contributed by atoms with Crippen LogP contribution >= 0.6 is 0 Å². The van der Waals surface area contributed by atoms with Crippen LogP contribution in [0.2, 0.25) is 0 Å². The maximum absolute atomic E-state index is 9.27. The molecule has 0 saturated carbocycles. The fourth-order valence-corrected chi connectivity index (χ4v) is 1.18. The van der Waals surface area contributed by atoms with Crippen molar-refractivity contribution in [1.82, 2.24) is 4.57 Å². The Bertz CT molecular complexity index is 258. The lowest BCUT2D eigenvalue weighted by Gasteiger charge is -2.03. The molecule has 14 heavy (non-hydrogen) atoms. The average molecular weight is 199 g/mol. The Morgan fingerprint density at radius 2 is 2.29 bits per heavy atom. The number of rotatable bonds is 6. The van der Waals surface area contributed by atoms with E-state index in [1.54, 1.807) is 6.92 Å². The van der Waals surface area contributed by atoms with Crippen molar-refractivity contribution in [2.75, 3.05) is 19.8 Å². The van der Waals surface area contributed by atoms with Crippen molar-refractivity contribution >= 4 is 0 Å². The molecule has 0 aliphatic rings. The first-order valence-corrected chi connectivity index (χ1v) is 4.76. The quantitative estimate of drug-likeness (QED) is 0.658. The summed E-state index contributed by atoms with van der Waals surface area (Å²) in [6.45, 7) is 3.50. The normalized spacial score (nSPS) is 13.1. The number of hydrogen-bond donors (Lipinski definition) is 2. The molecule has 1 rings (SSSR count). The molecule has 1 aromatic heterocycles. The van der Waals surface area contributed by atoms with E-state index >= 15 is 0 Å². The molecule has 0 fully saturated rings. The lowest BCUT2D eigenvalue weighted by atomic mass is 10.2. The van der Waals surface area contributed by atoms with Gasteiger partial charge in [0.15, 0.2) is 0 Å². The van der Waals surface area contributed by atoms with Gasteiger partial charge in [0, 0.05) is 18.9 Å². The second-order valence-electron chi connectivity index (χ2n) is 3.19. The second kappa shape index (κ2) is 5.80. The first-order chi connectivity index (χ1) is 6.74. The lowest BCUT2D eigenvalue weighted by Crippen LogP contribution is -2.07. The van der Waals surface area contributed by atoms with E-state index in [-0.39, 0.29) is 6.61 Å². The van der Waals surface area contributed by atoms with Gasteiger partial charge in [-0.25, -0.2) is 0 Å². The van der Waals surface area contributed by atoms with Gasteiger partial charge in [-0.3, -0.25) is 0 Å². The fraction of sp³-hybridized carbons (Fsp3) is 0.600. The van der Waals surface area contributed by atoms with Crippen LogP contribution in [0.5, 0.6) is 0 Å². The summed E-state index contributed by atoms with van der Waals surface area (Å²) in [6, 6.07) is 1.89. The fourth-order valence-electron chi connectivity index (χ4n) is 1.18. The predicted molar refractivity (Wildman–Crippen MR) is 53.0 cm³/mol. The van der Waals surface area contributed by atoms with Crippen molar-refractivity contribution in [2.24, 2.45) is 0 Å². The highest BCUT2D eigenvalue weighted by Crippen LogP contribution is 2.11. The van der Waals surface area contributed by atoms with Crippen LogP contribution in [0.25, 0.3) is 0 Å². The summed E-state index contributed by atoms with van der Waals surface area (Å²) in [5, 5.41) is 17.7. The van der Waals surface area contributed by atoms with E-state index in [0.717, 1.165) is 12.1 Å². The maximum Gasteiger partial charge on any atom is 0.0776 e. The zero-order valence-electron chi connectivity index (χ0n) is 8.39. The van der Waals surface area contributed by atoms with Gasteiger partial charge < -0.3 is 19.5 Å². The van der Waals surface area contributed by atoms with Crippen LogP contribution in [-0.2, 0) is 11.3 Å². The largest absolute Gasteiger partial charge is 0.394 e. The standard InChI is InChI=1S/C10H17NO3/c1-9(13)10-2-3-11(8-10)4-6-14-7-5-12/h2-3,8-9,12-13H,4-7H2,1H3. The van der Waals surface area contributed by atoms with E-state index in [2.05, 4.69) is 0 Å². The Morgan fingerprint density at radius 3 is 2.86 bits per heavy atom. The third kappa shape index (κ3) is 3.49. The molecule has 0 radical (unpaired) electrons. The molecule has 0 bridgehead atoms. The molecule has 0 saturated heterocycles. The maximum atomic E-state index is 9.27. The number of aromatic nitrogens is 1. The lowest BCUT2D eigenvalue weighted by molar-refractivity contribution is 0.0870. The minimum Gasteiger partial charge on any atom is -0.394 e. The molecule has 1 heterocycles. The van der Waals surface area contributed by atoms with Crippen molar-refractivity contribution in [3.05, 3.63) is 24.0 Å². The first-order valence-electron chi connectivity index (χ1n) is 4.76. The predicted octanol–water partition coefficient (Wildman–Crippen LogP) is 0.550. The topological polar surface area (TPSA) is 54.6 Å². The third-order valence-corrected chi connectivity index (χ3v) is 1.99. The highest BCUT2D eigenvalue weighted by molar-refractivity contribution is 5.12. The molecule has 80 valence electrons. The molecule has 0 spiro atoms. The van der Waals surface area contributed by atoms with E-state index in [1.807, 2.05) is 23.0 Å². The Morgan fingerprint density at radius 1 is 1.50 bits per heavy atom. The molecule has 1 unspecified atom stereocenters. The number of aliphatic hydroxyl groups is 2. The van der Waals surface area contributed by atoms with Crippen LogP contribution in [0.1, 0.15) is 18.6 Å². The first kappa shape index (κ1) is 11.2. The van der Waals surface area contributed by atoms with Crippen LogP contribution in [0.4, 0.5) is 0 Å². The average Bonchev–Trinajstić information content (AvgIpc) is 2.61. The van der Waals surface area contributed by atoms with Crippen LogP contribution in [0, 0.1) is 0 Å². The molecule has 0 aliphatic carbocycles. The van der Waals surface area contributed by atoms with Crippen LogP contribution < -0.4 is 0 Å². The summed E-state index contributed by atoms with van der Waals surface area (Å²) < 4.78 is 7.08. The second-order valence-corrected chi connectivity index (χ2v) is 3.19.